The molecule has 1 saturated carbocycles. The van der Waals surface area contributed by atoms with E-state index in [9.17, 15) is 19.2 Å². The maximum absolute atomic E-state index is 12.5. The van der Waals surface area contributed by atoms with Crippen LogP contribution in [0.2, 0.25) is 0 Å². The van der Waals surface area contributed by atoms with Crippen LogP contribution in [-0.4, -0.2) is 50.9 Å². The Hall–Kier alpha value is -3.69. The summed E-state index contributed by atoms with van der Waals surface area (Å²) in [5, 5.41) is 9.38. The molecule has 2 fully saturated rings. The fourth-order valence-electron chi connectivity index (χ4n) is 3.71. The van der Waals surface area contributed by atoms with Gasteiger partial charge in [0.1, 0.15) is 17.8 Å². The summed E-state index contributed by atoms with van der Waals surface area (Å²) in [6.07, 6.45) is 2.88. The molecule has 4 N–H and O–H groups in total. The molecule has 2 aromatic rings. The molecule has 1 aromatic carbocycles. The molecule has 1 spiro atoms. The average molecular weight is 396 g/mol. The Kier molecular flexibility index (Phi) is 4.75. The molecule has 1 aliphatic carbocycles. The van der Waals surface area contributed by atoms with Crippen LogP contribution in [0.15, 0.2) is 36.4 Å². The topological polar surface area (TPSA) is 136 Å². The number of hydrogen-bond donors (Lipinski definition) is 4. The number of aromatic amines is 1. The number of carbonyl (C=O) groups excluding carboxylic acids is 4. The van der Waals surface area contributed by atoms with Crippen LogP contribution in [0, 0.1) is 0 Å². The highest BCUT2D eigenvalue weighted by atomic mass is 16.2. The molecule has 0 bridgehead atoms. The minimum Gasteiger partial charge on any atom is -0.323 e. The van der Waals surface area contributed by atoms with Gasteiger partial charge in [0, 0.05) is 5.56 Å². The van der Waals surface area contributed by atoms with Crippen molar-refractivity contribution in [3.05, 3.63) is 42.1 Å². The number of nitrogens with one attached hydrogen (secondary N) is 4. The third-order valence-corrected chi connectivity index (χ3v) is 5.21. The van der Waals surface area contributed by atoms with E-state index in [1.54, 1.807) is 6.07 Å². The molecular formula is C19H20N6O4. The summed E-state index contributed by atoms with van der Waals surface area (Å²) >= 11 is 0. The highest BCUT2D eigenvalue weighted by Gasteiger charge is 2.52. The van der Waals surface area contributed by atoms with E-state index in [0.717, 1.165) is 23.3 Å². The summed E-state index contributed by atoms with van der Waals surface area (Å²) in [4.78, 5) is 49.8. The highest BCUT2D eigenvalue weighted by molar-refractivity contribution is 6.09. The number of amides is 5. The van der Waals surface area contributed by atoms with Gasteiger partial charge in [-0.2, -0.15) is 5.10 Å². The number of aromatic nitrogens is 2. The number of carbonyl (C=O) groups is 4. The van der Waals surface area contributed by atoms with Crippen molar-refractivity contribution in [1.29, 1.82) is 0 Å². The number of benzene rings is 1. The van der Waals surface area contributed by atoms with Gasteiger partial charge in [0.25, 0.3) is 17.7 Å². The second-order valence-electron chi connectivity index (χ2n) is 7.15. The van der Waals surface area contributed by atoms with Crippen molar-refractivity contribution in [3.8, 4) is 11.3 Å². The van der Waals surface area contributed by atoms with Crippen molar-refractivity contribution < 1.29 is 19.2 Å². The number of rotatable bonds is 4. The van der Waals surface area contributed by atoms with E-state index in [2.05, 4.69) is 26.4 Å². The Bertz CT molecular complexity index is 964. The minimum atomic E-state index is -0.871. The lowest BCUT2D eigenvalue weighted by Crippen LogP contribution is -2.49. The van der Waals surface area contributed by atoms with Crippen molar-refractivity contribution in [2.45, 2.75) is 31.2 Å². The van der Waals surface area contributed by atoms with Crippen molar-refractivity contribution >= 4 is 23.8 Å². The van der Waals surface area contributed by atoms with Crippen LogP contribution in [-0.2, 0) is 9.59 Å². The monoisotopic (exact) mass is 396 g/mol. The summed E-state index contributed by atoms with van der Waals surface area (Å²) in [6.45, 7) is -0.467. The number of hydrogen-bond acceptors (Lipinski definition) is 5. The Morgan fingerprint density at radius 2 is 1.83 bits per heavy atom. The van der Waals surface area contributed by atoms with Crippen molar-refractivity contribution in [2.75, 3.05) is 6.54 Å². The third-order valence-electron chi connectivity index (χ3n) is 5.21. The van der Waals surface area contributed by atoms with E-state index >= 15 is 0 Å². The van der Waals surface area contributed by atoms with Crippen molar-refractivity contribution in [2.24, 2.45) is 0 Å². The predicted molar refractivity (Wildman–Crippen MR) is 101 cm³/mol. The van der Waals surface area contributed by atoms with E-state index in [1.165, 1.54) is 0 Å². The molecule has 10 nitrogen and oxygen atoms in total. The maximum atomic E-state index is 12.5. The molecule has 4 rings (SSSR count). The summed E-state index contributed by atoms with van der Waals surface area (Å²) in [7, 11) is 0. The van der Waals surface area contributed by atoms with Crippen molar-refractivity contribution in [3.63, 3.8) is 0 Å². The molecule has 2 heterocycles. The summed E-state index contributed by atoms with van der Waals surface area (Å²) in [5.74, 6) is -1.67. The van der Waals surface area contributed by atoms with Crippen LogP contribution in [0.5, 0.6) is 0 Å². The first kappa shape index (κ1) is 18.7. The van der Waals surface area contributed by atoms with Gasteiger partial charge in [0.2, 0.25) is 0 Å². The smallest absolute Gasteiger partial charge is 0.323 e. The third kappa shape index (κ3) is 3.56. The number of urea groups is 1. The lowest BCUT2D eigenvalue weighted by molar-refractivity contribution is -0.135. The second-order valence-corrected chi connectivity index (χ2v) is 7.15. The van der Waals surface area contributed by atoms with E-state index in [1.807, 2.05) is 30.3 Å². The van der Waals surface area contributed by atoms with Gasteiger partial charge in [-0.25, -0.2) is 4.79 Å². The van der Waals surface area contributed by atoms with Gasteiger partial charge in [0.15, 0.2) is 0 Å². The number of H-pyrrole nitrogens is 1. The van der Waals surface area contributed by atoms with E-state index in [4.69, 9.17) is 0 Å². The summed E-state index contributed by atoms with van der Waals surface area (Å²) < 4.78 is 0. The molecule has 5 amide bonds. The van der Waals surface area contributed by atoms with Crippen LogP contribution in [0.1, 0.15) is 36.2 Å². The maximum Gasteiger partial charge on any atom is 0.325 e. The number of imide groups is 1. The molecule has 1 saturated heterocycles. The zero-order chi connectivity index (χ0) is 20.4. The van der Waals surface area contributed by atoms with Crippen LogP contribution in [0.3, 0.4) is 0 Å². The molecule has 150 valence electrons. The zero-order valence-corrected chi connectivity index (χ0v) is 15.5. The van der Waals surface area contributed by atoms with E-state index in [-0.39, 0.29) is 11.6 Å². The Balaban J connectivity index is 1.32. The van der Waals surface area contributed by atoms with Crippen LogP contribution in [0.4, 0.5) is 4.79 Å². The summed E-state index contributed by atoms with van der Waals surface area (Å²) in [6, 6.07) is 10.3. The SMILES string of the molecule is O=C(CN1C(=O)NC2(CCCC2)C1=O)NNC(=O)c1cc(-c2ccccc2)n[nH]1. The predicted octanol–water partition coefficient (Wildman–Crippen LogP) is 0.702. The lowest BCUT2D eigenvalue weighted by Gasteiger charge is -2.19. The molecule has 0 unspecified atom stereocenters. The fourth-order valence-corrected chi connectivity index (χ4v) is 3.71. The van der Waals surface area contributed by atoms with Crippen LogP contribution in [0.25, 0.3) is 11.3 Å². The van der Waals surface area contributed by atoms with Gasteiger partial charge >= 0.3 is 6.03 Å². The highest BCUT2D eigenvalue weighted by Crippen LogP contribution is 2.34. The van der Waals surface area contributed by atoms with Crippen LogP contribution < -0.4 is 16.2 Å². The Morgan fingerprint density at radius 3 is 2.55 bits per heavy atom. The zero-order valence-electron chi connectivity index (χ0n) is 15.5. The number of hydrazine groups is 1. The summed E-state index contributed by atoms with van der Waals surface area (Å²) in [5.41, 5.74) is 5.18. The molecule has 10 heteroatoms. The van der Waals surface area contributed by atoms with Gasteiger partial charge < -0.3 is 5.32 Å². The average Bonchev–Trinajstić information content (AvgIpc) is 3.45. The van der Waals surface area contributed by atoms with Crippen molar-refractivity contribution in [1.82, 2.24) is 31.3 Å². The van der Waals surface area contributed by atoms with Gasteiger partial charge in [-0.3, -0.25) is 35.2 Å². The van der Waals surface area contributed by atoms with Gasteiger partial charge in [-0.1, -0.05) is 43.2 Å². The molecular weight excluding hydrogens is 376 g/mol. The first-order valence-corrected chi connectivity index (χ1v) is 9.33. The molecule has 0 radical (unpaired) electrons. The standard InChI is InChI=1S/C19H20N6O4/c26-15(11-25-17(28)19(20-18(25)29)8-4-5-9-19)23-24-16(27)14-10-13(21-22-14)12-6-2-1-3-7-12/h1-3,6-7,10H,4-5,8-9,11H2,(H,20,29)(H,21,22)(H,23,26)(H,24,27). The van der Waals surface area contributed by atoms with Gasteiger partial charge in [0.05, 0.1) is 5.69 Å². The first-order chi connectivity index (χ1) is 14.0. The first-order valence-electron chi connectivity index (χ1n) is 9.33. The Labute approximate surface area is 166 Å². The second kappa shape index (κ2) is 7.38. The van der Waals surface area contributed by atoms with Gasteiger partial charge in [-0.05, 0) is 18.9 Å². The Morgan fingerprint density at radius 1 is 1.10 bits per heavy atom. The van der Waals surface area contributed by atoms with Gasteiger partial charge in [-0.15, -0.1) is 0 Å². The fraction of sp³-hybridized carbons (Fsp3) is 0.316. The van der Waals surface area contributed by atoms with E-state index < -0.39 is 29.9 Å². The largest absolute Gasteiger partial charge is 0.325 e. The molecule has 29 heavy (non-hydrogen) atoms. The molecule has 1 aromatic heterocycles. The van der Waals surface area contributed by atoms with Crippen LogP contribution >= 0.6 is 0 Å². The molecule has 2 aliphatic rings. The molecule has 1 aliphatic heterocycles. The van der Waals surface area contributed by atoms with E-state index in [0.29, 0.717) is 18.5 Å². The molecule has 0 atom stereocenters. The normalized spacial score (nSPS) is 17.4. The number of nitrogens with zero attached hydrogens (tertiary/aromatic N) is 2. The quantitative estimate of drug-likeness (QED) is 0.446. The lowest BCUT2D eigenvalue weighted by atomic mass is 9.98. The minimum absolute atomic E-state index is 0.157.